The maximum absolute atomic E-state index is 10.3. The average Bonchev–Trinajstić information content (AvgIpc) is 3.19. The zero-order chi connectivity index (χ0) is 21.1. The Kier molecular flexibility index (Phi) is 5.53. The highest BCUT2D eigenvalue weighted by molar-refractivity contribution is 5.70. The molecule has 0 aliphatic rings. The van der Waals surface area contributed by atoms with Gasteiger partial charge in [0.1, 0.15) is 11.6 Å². The van der Waals surface area contributed by atoms with Crippen LogP contribution in [0.3, 0.4) is 0 Å². The molecule has 0 aliphatic carbocycles. The quantitative estimate of drug-likeness (QED) is 0.379. The monoisotopic (exact) mass is 398 g/mol. The van der Waals surface area contributed by atoms with Gasteiger partial charge in [0.15, 0.2) is 0 Å². The molecule has 2 aromatic carbocycles. The van der Waals surface area contributed by atoms with Gasteiger partial charge in [0.25, 0.3) is 0 Å². The predicted octanol–water partition coefficient (Wildman–Crippen LogP) is 4.66. The molecule has 2 heterocycles. The number of hydrogen-bond acceptors (Lipinski definition) is 3. The number of imidazole rings is 1. The lowest BCUT2D eigenvalue weighted by Gasteiger charge is -2.27. The van der Waals surface area contributed by atoms with E-state index in [0.29, 0.717) is 5.92 Å². The van der Waals surface area contributed by atoms with Gasteiger partial charge in [0.2, 0.25) is 6.33 Å². The van der Waals surface area contributed by atoms with Gasteiger partial charge in [-0.15, -0.1) is 0 Å². The Balaban J connectivity index is 1.76. The third-order valence-corrected chi connectivity index (χ3v) is 4.86. The van der Waals surface area contributed by atoms with E-state index in [2.05, 4.69) is 49.3 Å². The third kappa shape index (κ3) is 4.20. The molecule has 0 fully saturated rings. The number of rotatable bonds is 6. The van der Waals surface area contributed by atoms with Crippen molar-refractivity contribution < 1.29 is 9.67 Å². The van der Waals surface area contributed by atoms with Crippen LogP contribution in [0.5, 0.6) is 5.75 Å². The van der Waals surface area contributed by atoms with Crippen LogP contribution < -0.4 is 9.47 Å². The summed E-state index contributed by atoms with van der Waals surface area (Å²) in [5, 5.41) is 10.3. The summed E-state index contributed by atoms with van der Waals surface area (Å²) in [6, 6.07) is 21.6. The van der Waals surface area contributed by atoms with Gasteiger partial charge in [-0.2, -0.15) is 0 Å². The Labute approximate surface area is 177 Å². The highest BCUT2D eigenvalue weighted by atomic mass is 16.3. The van der Waals surface area contributed by atoms with E-state index in [9.17, 15) is 5.11 Å². The molecule has 0 spiro atoms. The van der Waals surface area contributed by atoms with Crippen molar-refractivity contribution in [2.45, 2.75) is 13.8 Å². The fourth-order valence-electron chi connectivity index (χ4n) is 3.47. The first-order valence-corrected chi connectivity index (χ1v) is 10.1. The molecule has 2 aromatic heterocycles. The highest BCUT2D eigenvalue weighted by Crippen LogP contribution is 2.31. The van der Waals surface area contributed by atoms with Crippen molar-refractivity contribution in [3.63, 3.8) is 0 Å². The molecular formula is C25H26N4O. The lowest BCUT2D eigenvalue weighted by atomic mass is 10.1. The topological polar surface area (TPSA) is 45.2 Å². The molecule has 152 valence electrons. The largest absolute Gasteiger partial charge is 0.507 e. The molecule has 0 unspecified atom stereocenters. The van der Waals surface area contributed by atoms with Crippen molar-refractivity contribution in [1.29, 1.82) is 0 Å². The second kappa shape index (κ2) is 8.41. The zero-order valence-electron chi connectivity index (χ0n) is 17.5. The number of phenolic OH excluding ortho intramolecular Hbond substituents is 1. The van der Waals surface area contributed by atoms with Gasteiger partial charge in [0, 0.05) is 30.2 Å². The van der Waals surface area contributed by atoms with E-state index < -0.39 is 0 Å². The molecule has 0 bridgehead atoms. The van der Waals surface area contributed by atoms with Crippen LogP contribution in [0.2, 0.25) is 0 Å². The summed E-state index contributed by atoms with van der Waals surface area (Å²) in [4.78, 5) is 7.11. The van der Waals surface area contributed by atoms with Crippen molar-refractivity contribution in [2.24, 2.45) is 13.0 Å². The molecule has 0 atom stereocenters. The van der Waals surface area contributed by atoms with Gasteiger partial charge < -0.3 is 19.1 Å². The summed E-state index contributed by atoms with van der Waals surface area (Å²) in [6.07, 6.45) is 7.20. The second-order valence-electron chi connectivity index (χ2n) is 7.80. The maximum atomic E-state index is 10.3. The predicted molar refractivity (Wildman–Crippen MR) is 119 cm³/mol. The minimum absolute atomic E-state index is 0.232. The number of anilines is 2. The van der Waals surface area contributed by atoms with Crippen molar-refractivity contribution in [1.82, 2.24) is 9.55 Å². The van der Waals surface area contributed by atoms with Crippen LogP contribution in [0.15, 0.2) is 79.1 Å². The summed E-state index contributed by atoms with van der Waals surface area (Å²) in [5.41, 5.74) is 3.58. The van der Waals surface area contributed by atoms with Crippen molar-refractivity contribution in [2.75, 3.05) is 11.4 Å². The number of pyridine rings is 1. The first-order valence-electron chi connectivity index (χ1n) is 10.1. The number of para-hydroxylation sites is 1. The van der Waals surface area contributed by atoms with E-state index in [1.54, 1.807) is 6.07 Å². The van der Waals surface area contributed by atoms with Crippen molar-refractivity contribution in [3.05, 3.63) is 85.5 Å². The molecule has 0 aliphatic heterocycles. The van der Waals surface area contributed by atoms with Gasteiger partial charge in [0.05, 0.1) is 18.4 Å². The molecule has 0 saturated carbocycles. The van der Waals surface area contributed by atoms with Crippen LogP contribution >= 0.6 is 0 Å². The Morgan fingerprint density at radius 1 is 1.07 bits per heavy atom. The number of aromatic nitrogens is 3. The van der Waals surface area contributed by atoms with Gasteiger partial charge in [-0.25, -0.2) is 4.98 Å². The van der Waals surface area contributed by atoms with Crippen molar-refractivity contribution >= 4 is 11.5 Å². The molecule has 0 saturated heterocycles. The van der Waals surface area contributed by atoms with E-state index >= 15 is 0 Å². The Morgan fingerprint density at radius 2 is 1.87 bits per heavy atom. The van der Waals surface area contributed by atoms with Crippen LogP contribution in [-0.4, -0.2) is 21.2 Å². The average molecular weight is 399 g/mol. The normalized spacial score (nSPS) is 11.1. The maximum Gasteiger partial charge on any atom is 0.243 e. The van der Waals surface area contributed by atoms with Crippen LogP contribution in [0.25, 0.3) is 16.9 Å². The summed E-state index contributed by atoms with van der Waals surface area (Å²) >= 11 is 0. The van der Waals surface area contributed by atoms with Gasteiger partial charge >= 0.3 is 0 Å². The minimum atomic E-state index is 0.232. The van der Waals surface area contributed by atoms with Gasteiger partial charge in [-0.1, -0.05) is 44.2 Å². The minimum Gasteiger partial charge on any atom is -0.507 e. The molecule has 1 N–H and O–H groups in total. The Bertz CT molecular complexity index is 1150. The zero-order valence-corrected chi connectivity index (χ0v) is 17.5. The Morgan fingerprint density at radius 3 is 2.60 bits per heavy atom. The van der Waals surface area contributed by atoms with Crippen LogP contribution in [0.4, 0.5) is 11.5 Å². The third-order valence-electron chi connectivity index (χ3n) is 4.86. The molecule has 30 heavy (non-hydrogen) atoms. The standard InChI is InChI=1S/C25H26N4O/c1-19(2)17-29(21-9-6-8-20(16-21)28-15-14-27(3)18-28)25-13-7-11-23(26-25)22-10-4-5-12-24(22)30/h4-16,19,30H,17H2,1-3H3. The fourth-order valence-corrected chi connectivity index (χ4v) is 3.47. The molecule has 5 nitrogen and oxygen atoms in total. The molecule has 4 aromatic rings. The molecule has 0 amide bonds. The van der Waals surface area contributed by atoms with Crippen molar-refractivity contribution in [3.8, 4) is 22.7 Å². The number of hydrogen-bond donors (Lipinski definition) is 1. The molecular weight excluding hydrogens is 372 g/mol. The van der Waals surface area contributed by atoms with E-state index in [-0.39, 0.29) is 5.75 Å². The lowest BCUT2D eigenvalue weighted by Crippen LogP contribution is -2.24. The number of phenols is 1. The lowest BCUT2D eigenvalue weighted by molar-refractivity contribution is -0.674. The number of nitrogens with zero attached hydrogens (tertiary/aromatic N) is 4. The van der Waals surface area contributed by atoms with E-state index in [1.165, 1.54) is 0 Å². The summed E-state index contributed by atoms with van der Waals surface area (Å²) in [6.45, 7) is 5.22. The molecule has 5 heteroatoms. The van der Waals surface area contributed by atoms with Crippen LogP contribution in [-0.2, 0) is 7.05 Å². The number of aryl methyl sites for hydroxylation is 1. The summed E-state index contributed by atoms with van der Waals surface area (Å²) in [7, 11) is 1.96. The summed E-state index contributed by atoms with van der Waals surface area (Å²) in [5.74, 6) is 1.53. The highest BCUT2D eigenvalue weighted by Gasteiger charge is 2.15. The number of aromatic hydroxyl groups is 1. The van der Waals surface area contributed by atoms with Gasteiger partial charge in [-0.05, 0) is 42.3 Å². The first kappa shape index (κ1) is 19.7. The van der Waals surface area contributed by atoms with Crippen LogP contribution in [0.1, 0.15) is 13.8 Å². The van der Waals surface area contributed by atoms with E-state index in [0.717, 1.165) is 35.0 Å². The number of benzene rings is 2. The van der Waals surface area contributed by atoms with Gasteiger partial charge in [-0.3, -0.25) is 0 Å². The fraction of sp³-hybridized carbons (Fsp3) is 0.200. The second-order valence-corrected chi connectivity index (χ2v) is 7.80. The van der Waals surface area contributed by atoms with E-state index in [4.69, 9.17) is 4.98 Å². The Hall–Kier alpha value is -3.60. The first-order chi connectivity index (χ1) is 14.5. The molecule has 4 rings (SSSR count). The van der Waals surface area contributed by atoms with Crippen LogP contribution in [0, 0.1) is 12.2 Å². The van der Waals surface area contributed by atoms with E-state index in [1.807, 2.05) is 65.0 Å². The SMILES string of the molecule is CC(C)CN(c1cccc(-n2[c-][n+](C)cc2)c1)c1cccc(-c2ccccc2O)n1. The smallest absolute Gasteiger partial charge is 0.243 e. The summed E-state index contributed by atoms with van der Waals surface area (Å²) < 4.78 is 3.87. The molecule has 0 radical (unpaired) electrons.